The molecule has 2 aromatic heterocycles. The summed E-state index contributed by atoms with van der Waals surface area (Å²) in [4.78, 5) is 14.9. The number of allylic oxidation sites excluding steroid dienone is 2. The minimum atomic E-state index is -0.125. The van der Waals surface area contributed by atoms with Gasteiger partial charge in [0.25, 0.3) is 0 Å². The molecule has 5 aromatic rings. The topological polar surface area (TPSA) is 63.3 Å². The van der Waals surface area contributed by atoms with Crippen LogP contribution in [0.1, 0.15) is 25.0 Å². The SMILES string of the molecule is CC(=O)/C=C(/C)O.[Ir].[c-]1cc2oc3ccccc3c2cc1-c1cc2c3c(cccc3n1)C=C2. The second kappa shape index (κ2) is 9.14. The molecule has 0 bridgehead atoms. The number of carbonyl (C=O) groups excluding carboxylic acids is 1. The molecule has 0 amide bonds. The number of carbonyl (C=O) groups is 1. The van der Waals surface area contributed by atoms with Crippen LogP contribution in [0, 0.1) is 6.07 Å². The predicted molar refractivity (Wildman–Crippen MR) is 129 cm³/mol. The summed E-state index contributed by atoms with van der Waals surface area (Å²) in [5.41, 5.74) is 7.19. The third-order valence-electron chi connectivity index (χ3n) is 5.34. The minimum absolute atomic E-state index is 0. The summed E-state index contributed by atoms with van der Waals surface area (Å²) in [5.74, 6) is -0.0625. The summed E-state index contributed by atoms with van der Waals surface area (Å²) in [5, 5.41) is 11.8. The van der Waals surface area contributed by atoms with Crippen LogP contribution in [0.25, 0.3) is 56.3 Å². The van der Waals surface area contributed by atoms with Crippen molar-refractivity contribution in [3.63, 3.8) is 0 Å². The molecule has 4 nitrogen and oxygen atoms in total. The van der Waals surface area contributed by atoms with E-state index in [0.717, 1.165) is 38.7 Å². The average Bonchev–Trinajstić information content (AvgIpc) is 3.35. The minimum Gasteiger partial charge on any atom is -0.512 e. The van der Waals surface area contributed by atoms with Gasteiger partial charge in [-0.05, 0) is 42.8 Å². The second-order valence-corrected chi connectivity index (χ2v) is 7.79. The van der Waals surface area contributed by atoms with Crippen molar-refractivity contribution < 1.29 is 34.4 Å². The first kappa shape index (κ1) is 22.7. The zero-order chi connectivity index (χ0) is 22.2. The van der Waals surface area contributed by atoms with E-state index in [1.807, 2.05) is 24.3 Å². The molecular formula is C28H20IrNO3-. The maximum Gasteiger partial charge on any atom is 0.155 e. The van der Waals surface area contributed by atoms with Crippen LogP contribution in [0.5, 0.6) is 0 Å². The molecule has 2 heterocycles. The first-order valence-electron chi connectivity index (χ1n) is 10.3. The van der Waals surface area contributed by atoms with Crippen LogP contribution in [0.2, 0.25) is 0 Å². The summed E-state index contributed by atoms with van der Waals surface area (Å²) in [7, 11) is 0. The van der Waals surface area contributed by atoms with E-state index in [1.165, 1.54) is 36.4 Å². The zero-order valence-electron chi connectivity index (χ0n) is 18.0. The van der Waals surface area contributed by atoms with E-state index in [-0.39, 0.29) is 31.6 Å². The van der Waals surface area contributed by atoms with Crippen LogP contribution in [0.3, 0.4) is 0 Å². The number of para-hydroxylation sites is 1. The molecule has 0 saturated carbocycles. The Labute approximate surface area is 204 Å². The first-order valence-corrected chi connectivity index (χ1v) is 10.3. The number of ketones is 1. The van der Waals surface area contributed by atoms with Gasteiger partial charge in [0.15, 0.2) is 5.78 Å². The zero-order valence-corrected chi connectivity index (χ0v) is 20.4. The van der Waals surface area contributed by atoms with Gasteiger partial charge in [-0.15, -0.1) is 23.8 Å². The molecule has 0 fully saturated rings. The Bertz CT molecular complexity index is 1570. The van der Waals surface area contributed by atoms with E-state index < -0.39 is 0 Å². The number of furan rings is 1. The molecule has 165 valence electrons. The Morgan fingerprint density at radius 1 is 0.970 bits per heavy atom. The Hall–Kier alpha value is -3.53. The fraction of sp³-hybridized carbons (Fsp3) is 0.0714. The van der Waals surface area contributed by atoms with Gasteiger partial charge in [-0.25, -0.2) is 0 Å². The summed E-state index contributed by atoms with van der Waals surface area (Å²) in [6.45, 7) is 2.85. The van der Waals surface area contributed by atoms with E-state index in [0.29, 0.717) is 0 Å². The van der Waals surface area contributed by atoms with E-state index in [1.54, 1.807) is 0 Å². The molecule has 0 unspecified atom stereocenters. The number of nitrogens with zero attached hydrogens (tertiary/aromatic N) is 1. The summed E-state index contributed by atoms with van der Waals surface area (Å²) in [6, 6.07) is 23.9. The van der Waals surface area contributed by atoms with Gasteiger partial charge in [0.2, 0.25) is 0 Å². The molecule has 1 radical (unpaired) electrons. The number of fused-ring (bicyclic) bond motifs is 3. The fourth-order valence-corrected chi connectivity index (χ4v) is 4.05. The first-order chi connectivity index (χ1) is 15.5. The van der Waals surface area contributed by atoms with Crippen LogP contribution in [0.4, 0.5) is 0 Å². The van der Waals surface area contributed by atoms with Crippen molar-refractivity contribution in [2.24, 2.45) is 0 Å². The quantitative estimate of drug-likeness (QED) is 0.129. The largest absolute Gasteiger partial charge is 0.512 e. The van der Waals surface area contributed by atoms with Crippen LogP contribution < -0.4 is 0 Å². The number of hydrogen-bond donors (Lipinski definition) is 1. The monoisotopic (exact) mass is 611 g/mol. The third-order valence-corrected chi connectivity index (χ3v) is 5.34. The Morgan fingerprint density at radius 3 is 2.52 bits per heavy atom. The normalized spacial score (nSPS) is 12.0. The van der Waals surface area contributed by atoms with Crippen molar-refractivity contribution >= 4 is 50.8 Å². The van der Waals surface area contributed by atoms with Gasteiger partial charge in [0, 0.05) is 37.0 Å². The molecular weight excluding hydrogens is 591 g/mol. The third kappa shape index (κ3) is 4.38. The van der Waals surface area contributed by atoms with Gasteiger partial charge < -0.3 is 9.52 Å². The van der Waals surface area contributed by atoms with Crippen molar-refractivity contribution in [1.29, 1.82) is 0 Å². The molecule has 1 aliphatic rings. The van der Waals surface area contributed by atoms with E-state index in [9.17, 15) is 4.79 Å². The Kier molecular flexibility index (Phi) is 6.28. The standard InChI is InChI=1S/C23H12NO.C5H8O2.Ir/c1-2-7-21-17(5-1)18-12-15(10-11-22(18)25-21)20-13-16-9-8-14-4-3-6-19(24-20)23(14)16;1-4(6)3-5(2)7;/h1-9,11-13H;3,6H,1-2H3;/q-1;;/b;4-3-;. The predicted octanol–water partition coefficient (Wildman–Crippen LogP) is 7.12. The molecule has 1 aliphatic carbocycles. The number of aromatic nitrogens is 1. The summed E-state index contributed by atoms with van der Waals surface area (Å²) >= 11 is 0. The molecule has 1 N–H and O–H groups in total. The molecule has 6 rings (SSSR count). The van der Waals surface area contributed by atoms with Crippen LogP contribution in [0.15, 0.2) is 76.9 Å². The molecule has 0 spiro atoms. The van der Waals surface area contributed by atoms with E-state index in [4.69, 9.17) is 14.5 Å². The summed E-state index contributed by atoms with van der Waals surface area (Å²) in [6.07, 6.45) is 5.48. The second-order valence-electron chi connectivity index (χ2n) is 7.79. The van der Waals surface area contributed by atoms with Crippen molar-refractivity contribution in [1.82, 2.24) is 4.98 Å². The molecule has 33 heavy (non-hydrogen) atoms. The van der Waals surface area contributed by atoms with Crippen molar-refractivity contribution in [2.45, 2.75) is 13.8 Å². The molecule has 3 aromatic carbocycles. The number of rotatable bonds is 2. The Morgan fingerprint density at radius 2 is 1.76 bits per heavy atom. The van der Waals surface area contributed by atoms with Gasteiger partial charge in [0.05, 0.1) is 16.9 Å². The van der Waals surface area contributed by atoms with Crippen molar-refractivity contribution in [3.8, 4) is 11.3 Å². The number of hydrogen-bond acceptors (Lipinski definition) is 4. The van der Waals surface area contributed by atoms with Crippen LogP contribution >= 0.6 is 0 Å². The van der Waals surface area contributed by atoms with Crippen LogP contribution in [-0.2, 0) is 24.9 Å². The van der Waals surface area contributed by atoms with Crippen molar-refractivity contribution in [3.05, 3.63) is 89.7 Å². The van der Waals surface area contributed by atoms with Gasteiger partial charge in [-0.2, -0.15) is 0 Å². The number of pyridine rings is 1. The molecule has 0 aliphatic heterocycles. The van der Waals surface area contributed by atoms with Gasteiger partial charge >= 0.3 is 0 Å². The molecule has 0 saturated heterocycles. The smallest absolute Gasteiger partial charge is 0.155 e. The van der Waals surface area contributed by atoms with E-state index in [2.05, 4.69) is 54.6 Å². The maximum absolute atomic E-state index is 10.0. The molecule has 0 atom stereocenters. The fourth-order valence-electron chi connectivity index (χ4n) is 4.05. The van der Waals surface area contributed by atoms with Gasteiger partial charge in [-0.1, -0.05) is 53.9 Å². The molecule has 5 heteroatoms. The maximum atomic E-state index is 10.0. The van der Waals surface area contributed by atoms with Crippen molar-refractivity contribution in [2.75, 3.05) is 0 Å². The summed E-state index contributed by atoms with van der Waals surface area (Å²) < 4.78 is 5.90. The number of benzene rings is 3. The Balaban J connectivity index is 0.000000287. The number of aliphatic hydroxyl groups is 1. The van der Waals surface area contributed by atoms with Gasteiger partial charge in [-0.3, -0.25) is 9.78 Å². The van der Waals surface area contributed by atoms with E-state index >= 15 is 0 Å². The van der Waals surface area contributed by atoms with Gasteiger partial charge in [0.1, 0.15) is 5.58 Å². The average molecular weight is 611 g/mol. The van der Waals surface area contributed by atoms with Crippen LogP contribution in [-0.4, -0.2) is 15.9 Å². The number of aliphatic hydroxyl groups excluding tert-OH is 1.